The highest BCUT2D eigenvalue weighted by atomic mass is 15.0. The number of hydrogen-bond acceptors (Lipinski definition) is 3. The fourth-order valence-corrected chi connectivity index (χ4v) is 1.91. The lowest BCUT2D eigenvalue weighted by molar-refractivity contribution is 0.862. The number of hydrogen-bond donors (Lipinski definition) is 2. The second kappa shape index (κ2) is 5.65. The number of aryl methyl sites for hydroxylation is 1. The number of nitrogens with two attached hydrogens (primary N) is 1. The van der Waals surface area contributed by atoms with E-state index in [-0.39, 0.29) is 6.04 Å². The first-order valence-electron chi connectivity index (χ1n) is 6.19. The molecule has 94 valence electrons. The fourth-order valence-electron chi connectivity index (χ4n) is 1.91. The molecule has 18 heavy (non-hydrogen) atoms. The predicted octanol–water partition coefficient (Wildman–Crippen LogP) is 3.02. The molecular formula is C15H19N3. The van der Waals surface area contributed by atoms with Crippen molar-refractivity contribution in [3.05, 3.63) is 59.3 Å². The molecule has 2 aromatic rings. The lowest BCUT2D eigenvalue weighted by Gasteiger charge is -2.17. The molecule has 0 spiro atoms. The van der Waals surface area contributed by atoms with Crippen LogP contribution in [0, 0.1) is 6.92 Å². The highest BCUT2D eigenvalue weighted by Crippen LogP contribution is 2.20. The van der Waals surface area contributed by atoms with E-state index < -0.39 is 0 Å². The molecule has 1 aromatic heterocycles. The van der Waals surface area contributed by atoms with Gasteiger partial charge in [-0.2, -0.15) is 0 Å². The van der Waals surface area contributed by atoms with Crippen LogP contribution in [0.2, 0.25) is 0 Å². The van der Waals surface area contributed by atoms with E-state index in [2.05, 4.69) is 29.4 Å². The van der Waals surface area contributed by atoms with E-state index >= 15 is 0 Å². The maximum atomic E-state index is 5.74. The smallest absolute Gasteiger partial charge is 0.131 e. The second-order valence-electron chi connectivity index (χ2n) is 4.44. The van der Waals surface area contributed by atoms with Gasteiger partial charge in [-0.3, -0.25) is 0 Å². The van der Waals surface area contributed by atoms with Gasteiger partial charge in [-0.25, -0.2) is 4.98 Å². The second-order valence-corrected chi connectivity index (χ2v) is 4.44. The van der Waals surface area contributed by atoms with Crippen molar-refractivity contribution in [1.29, 1.82) is 0 Å². The minimum Gasteiger partial charge on any atom is -0.363 e. The standard InChI is InChI=1S/C15H19N3/c1-11-8-9-14(10-16)15(17-11)18-12(2)13-6-4-3-5-7-13/h3-9,12H,10,16H2,1-2H3,(H,17,18). The van der Waals surface area contributed by atoms with Crippen molar-refractivity contribution in [2.24, 2.45) is 5.73 Å². The summed E-state index contributed by atoms with van der Waals surface area (Å²) < 4.78 is 0. The van der Waals surface area contributed by atoms with Gasteiger partial charge in [0.15, 0.2) is 0 Å². The van der Waals surface area contributed by atoms with Gasteiger partial charge in [0.05, 0.1) is 0 Å². The third-order valence-corrected chi connectivity index (χ3v) is 2.99. The van der Waals surface area contributed by atoms with Crippen molar-refractivity contribution in [1.82, 2.24) is 4.98 Å². The van der Waals surface area contributed by atoms with Gasteiger partial charge in [0.1, 0.15) is 5.82 Å². The number of nitrogens with zero attached hydrogens (tertiary/aromatic N) is 1. The molecule has 3 heteroatoms. The minimum atomic E-state index is 0.214. The van der Waals surface area contributed by atoms with E-state index in [4.69, 9.17) is 5.73 Å². The molecule has 0 aliphatic heterocycles. The van der Waals surface area contributed by atoms with E-state index in [1.807, 2.05) is 37.3 Å². The van der Waals surface area contributed by atoms with Gasteiger partial charge in [-0.15, -0.1) is 0 Å². The van der Waals surface area contributed by atoms with Gasteiger partial charge in [0.2, 0.25) is 0 Å². The largest absolute Gasteiger partial charge is 0.363 e. The average molecular weight is 241 g/mol. The Kier molecular flexibility index (Phi) is 3.95. The first kappa shape index (κ1) is 12.6. The Morgan fingerprint density at radius 2 is 1.89 bits per heavy atom. The van der Waals surface area contributed by atoms with Gasteiger partial charge in [0, 0.05) is 23.8 Å². The topological polar surface area (TPSA) is 50.9 Å². The molecule has 1 unspecified atom stereocenters. The van der Waals surface area contributed by atoms with Crippen LogP contribution in [-0.2, 0) is 6.54 Å². The molecule has 2 rings (SSSR count). The Bertz CT molecular complexity index is 508. The van der Waals surface area contributed by atoms with Crippen molar-refractivity contribution < 1.29 is 0 Å². The van der Waals surface area contributed by atoms with Crippen molar-refractivity contribution in [2.45, 2.75) is 26.4 Å². The number of anilines is 1. The van der Waals surface area contributed by atoms with Crippen molar-refractivity contribution in [2.75, 3.05) is 5.32 Å². The number of pyridine rings is 1. The molecule has 1 heterocycles. The molecule has 1 aromatic carbocycles. The van der Waals surface area contributed by atoms with E-state index in [9.17, 15) is 0 Å². The molecule has 3 nitrogen and oxygen atoms in total. The first-order valence-corrected chi connectivity index (χ1v) is 6.19. The van der Waals surface area contributed by atoms with Gasteiger partial charge in [-0.1, -0.05) is 36.4 Å². The summed E-state index contributed by atoms with van der Waals surface area (Å²) in [5.41, 5.74) is 9.01. The van der Waals surface area contributed by atoms with Crippen LogP contribution < -0.4 is 11.1 Å². The Morgan fingerprint density at radius 3 is 2.56 bits per heavy atom. The summed E-state index contributed by atoms with van der Waals surface area (Å²) in [6.45, 7) is 4.61. The quantitative estimate of drug-likeness (QED) is 0.865. The van der Waals surface area contributed by atoms with Crippen LogP contribution in [0.15, 0.2) is 42.5 Å². The Morgan fingerprint density at radius 1 is 1.17 bits per heavy atom. The maximum Gasteiger partial charge on any atom is 0.131 e. The average Bonchev–Trinajstić information content (AvgIpc) is 2.40. The molecule has 0 radical (unpaired) electrons. The number of rotatable bonds is 4. The third-order valence-electron chi connectivity index (χ3n) is 2.99. The minimum absolute atomic E-state index is 0.214. The van der Waals surface area contributed by atoms with Gasteiger partial charge in [-0.05, 0) is 25.5 Å². The Labute approximate surface area is 108 Å². The van der Waals surface area contributed by atoms with Crippen LogP contribution >= 0.6 is 0 Å². The van der Waals surface area contributed by atoms with E-state index in [1.165, 1.54) is 5.56 Å². The molecule has 0 bridgehead atoms. The van der Waals surface area contributed by atoms with Crippen molar-refractivity contribution in [3.63, 3.8) is 0 Å². The zero-order valence-electron chi connectivity index (χ0n) is 10.9. The van der Waals surface area contributed by atoms with Gasteiger partial charge in [0.25, 0.3) is 0 Å². The summed E-state index contributed by atoms with van der Waals surface area (Å²) in [6, 6.07) is 14.5. The van der Waals surface area contributed by atoms with E-state index in [0.717, 1.165) is 17.1 Å². The Hall–Kier alpha value is -1.87. The molecule has 0 saturated carbocycles. The summed E-state index contributed by atoms with van der Waals surface area (Å²) in [4.78, 5) is 4.52. The van der Waals surface area contributed by atoms with Crippen molar-refractivity contribution in [3.8, 4) is 0 Å². The lowest BCUT2D eigenvalue weighted by atomic mass is 10.1. The molecule has 1 atom stereocenters. The fraction of sp³-hybridized carbons (Fsp3) is 0.267. The van der Waals surface area contributed by atoms with Crippen LogP contribution in [0.4, 0.5) is 5.82 Å². The van der Waals surface area contributed by atoms with Crippen LogP contribution in [0.1, 0.15) is 29.8 Å². The van der Waals surface area contributed by atoms with Crippen LogP contribution in [-0.4, -0.2) is 4.98 Å². The van der Waals surface area contributed by atoms with Crippen LogP contribution in [0.5, 0.6) is 0 Å². The number of aromatic nitrogens is 1. The zero-order chi connectivity index (χ0) is 13.0. The first-order chi connectivity index (χ1) is 8.70. The molecule has 0 amide bonds. The molecular weight excluding hydrogens is 222 g/mol. The Balaban J connectivity index is 2.21. The zero-order valence-corrected chi connectivity index (χ0v) is 10.9. The summed E-state index contributed by atoms with van der Waals surface area (Å²) in [7, 11) is 0. The number of benzene rings is 1. The van der Waals surface area contributed by atoms with E-state index in [0.29, 0.717) is 6.54 Å². The van der Waals surface area contributed by atoms with Gasteiger partial charge >= 0.3 is 0 Å². The molecule has 3 N–H and O–H groups in total. The normalized spacial score (nSPS) is 12.2. The van der Waals surface area contributed by atoms with Gasteiger partial charge < -0.3 is 11.1 Å². The summed E-state index contributed by atoms with van der Waals surface area (Å²) >= 11 is 0. The van der Waals surface area contributed by atoms with Crippen LogP contribution in [0.25, 0.3) is 0 Å². The summed E-state index contributed by atoms with van der Waals surface area (Å²) in [5, 5.41) is 3.43. The lowest BCUT2D eigenvalue weighted by Crippen LogP contribution is -2.12. The molecule has 0 saturated heterocycles. The van der Waals surface area contributed by atoms with Crippen LogP contribution in [0.3, 0.4) is 0 Å². The highest BCUT2D eigenvalue weighted by molar-refractivity contribution is 5.46. The molecule has 0 aliphatic rings. The highest BCUT2D eigenvalue weighted by Gasteiger charge is 2.08. The summed E-state index contributed by atoms with van der Waals surface area (Å²) in [5.74, 6) is 0.883. The third kappa shape index (κ3) is 2.87. The maximum absolute atomic E-state index is 5.74. The SMILES string of the molecule is Cc1ccc(CN)c(NC(C)c2ccccc2)n1. The number of nitrogens with one attached hydrogen (secondary N) is 1. The van der Waals surface area contributed by atoms with E-state index in [1.54, 1.807) is 0 Å². The monoisotopic (exact) mass is 241 g/mol. The molecule has 0 aliphatic carbocycles. The summed E-state index contributed by atoms with van der Waals surface area (Å²) in [6.07, 6.45) is 0. The van der Waals surface area contributed by atoms with Crippen molar-refractivity contribution >= 4 is 5.82 Å². The molecule has 0 fully saturated rings. The predicted molar refractivity (Wildman–Crippen MR) is 75.3 cm³/mol.